The highest BCUT2D eigenvalue weighted by Gasteiger charge is 2.39. The Morgan fingerprint density at radius 3 is 2.97 bits per heavy atom. The molecule has 2 aliphatic heterocycles. The lowest BCUT2D eigenvalue weighted by atomic mass is 9.91. The predicted molar refractivity (Wildman–Crippen MR) is 129 cm³/mol. The zero-order valence-corrected chi connectivity index (χ0v) is 20.8. The Balaban J connectivity index is 1.40. The van der Waals surface area contributed by atoms with Gasteiger partial charge in [0.1, 0.15) is 11.8 Å². The van der Waals surface area contributed by atoms with Gasteiger partial charge in [0.05, 0.1) is 49.2 Å². The SMILES string of the molecule is CCOc1nc(Nc2cnn([C@H]3CCN(C4COC4)C[C@H](F)C3CC[Si])c2Cl)nc2[nH]ccc12. The summed E-state index contributed by atoms with van der Waals surface area (Å²) in [5.41, 5.74) is 1.22. The van der Waals surface area contributed by atoms with Gasteiger partial charge in [-0.25, -0.2) is 9.07 Å². The standard InChI is InChI=1S/C22H28ClFN7O2Si/c1-2-33-21-15-3-6-25-20(15)28-22(29-21)27-17-9-26-31(19(17)23)18-4-7-30(13-11-32-12-13)10-16(24)14(18)5-8-34/h3,6,9,13-14,16,18H,2,4-5,7-8,10-12H2,1H3,(H2,25,27,28,29)/t14?,16-,18-/m0/s1. The molecule has 0 spiro atoms. The highest BCUT2D eigenvalue weighted by Crippen LogP contribution is 2.38. The van der Waals surface area contributed by atoms with E-state index in [0.717, 1.165) is 18.4 Å². The van der Waals surface area contributed by atoms with Crippen molar-refractivity contribution < 1.29 is 13.9 Å². The number of fused-ring (bicyclic) bond motifs is 1. The van der Waals surface area contributed by atoms with Gasteiger partial charge >= 0.3 is 0 Å². The molecule has 2 N–H and O–H groups in total. The topological polar surface area (TPSA) is 93.1 Å². The molecule has 9 nitrogen and oxygen atoms in total. The number of anilines is 2. The zero-order valence-electron chi connectivity index (χ0n) is 19.0. The van der Waals surface area contributed by atoms with Gasteiger partial charge in [-0.3, -0.25) is 4.90 Å². The minimum Gasteiger partial charge on any atom is -0.477 e. The third kappa shape index (κ3) is 4.53. The van der Waals surface area contributed by atoms with E-state index in [9.17, 15) is 0 Å². The molecule has 0 aromatic carbocycles. The minimum atomic E-state index is -0.978. The van der Waals surface area contributed by atoms with E-state index in [1.807, 2.05) is 13.0 Å². The van der Waals surface area contributed by atoms with Crippen LogP contribution in [0.4, 0.5) is 16.0 Å². The van der Waals surface area contributed by atoms with Crippen LogP contribution >= 0.6 is 11.6 Å². The number of ether oxygens (including phenoxy) is 2. The molecule has 3 aromatic rings. The fourth-order valence-corrected chi connectivity index (χ4v) is 5.41. The smallest absolute Gasteiger partial charge is 0.232 e. The van der Waals surface area contributed by atoms with Gasteiger partial charge in [0.25, 0.3) is 0 Å². The number of aromatic nitrogens is 5. The van der Waals surface area contributed by atoms with Crippen LogP contribution < -0.4 is 10.1 Å². The van der Waals surface area contributed by atoms with E-state index in [1.54, 1.807) is 17.1 Å². The maximum Gasteiger partial charge on any atom is 0.232 e. The first-order valence-electron chi connectivity index (χ1n) is 11.7. The highest BCUT2D eigenvalue weighted by molar-refractivity contribution is 6.32. The van der Waals surface area contributed by atoms with E-state index in [0.29, 0.717) is 73.2 Å². The van der Waals surface area contributed by atoms with E-state index in [2.05, 4.69) is 40.5 Å². The van der Waals surface area contributed by atoms with Crippen molar-refractivity contribution in [1.29, 1.82) is 0 Å². The second-order valence-corrected chi connectivity index (χ2v) is 9.56. The number of halogens is 2. The second kappa shape index (κ2) is 10.2. The number of rotatable bonds is 8. The third-order valence-corrected chi connectivity index (χ3v) is 7.32. The number of nitrogens with one attached hydrogen (secondary N) is 2. The molecule has 2 aliphatic rings. The van der Waals surface area contributed by atoms with Crippen molar-refractivity contribution in [2.24, 2.45) is 5.92 Å². The van der Waals surface area contributed by atoms with Crippen LogP contribution in [0.1, 0.15) is 25.8 Å². The normalized spacial score (nSPS) is 24.2. The molecule has 1 unspecified atom stereocenters. The summed E-state index contributed by atoms with van der Waals surface area (Å²) in [6.45, 7) is 4.93. The molecule has 181 valence electrons. The van der Waals surface area contributed by atoms with Gasteiger partial charge in [0.2, 0.25) is 11.8 Å². The molecular formula is C22H28ClFN7O2Si. The number of H-pyrrole nitrogens is 1. The molecule has 2 fully saturated rings. The lowest BCUT2D eigenvalue weighted by molar-refractivity contribution is -0.0691. The lowest BCUT2D eigenvalue weighted by Crippen LogP contribution is -2.50. The Labute approximate surface area is 205 Å². The second-order valence-electron chi connectivity index (χ2n) is 8.70. The van der Waals surface area contributed by atoms with Crippen molar-refractivity contribution in [3.8, 4) is 5.88 Å². The van der Waals surface area contributed by atoms with Crippen LogP contribution in [-0.4, -0.2) is 85.0 Å². The van der Waals surface area contributed by atoms with Crippen molar-refractivity contribution in [2.45, 2.75) is 44.1 Å². The maximum atomic E-state index is 15.5. The van der Waals surface area contributed by atoms with Crippen molar-refractivity contribution in [3.63, 3.8) is 0 Å². The number of hydrogen-bond acceptors (Lipinski definition) is 7. The number of likely N-dealkylation sites (tertiary alicyclic amines) is 1. The molecule has 0 bridgehead atoms. The summed E-state index contributed by atoms with van der Waals surface area (Å²) < 4.78 is 28.2. The van der Waals surface area contributed by atoms with Crippen LogP contribution in [-0.2, 0) is 4.74 Å². The molecule has 3 aromatic heterocycles. The molecule has 5 heterocycles. The Kier molecular flexibility index (Phi) is 7.05. The van der Waals surface area contributed by atoms with Crippen molar-refractivity contribution in [2.75, 3.05) is 38.2 Å². The third-order valence-electron chi connectivity index (χ3n) is 6.65. The van der Waals surface area contributed by atoms with Gasteiger partial charge < -0.3 is 19.8 Å². The van der Waals surface area contributed by atoms with E-state index in [4.69, 9.17) is 21.1 Å². The maximum absolute atomic E-state index is 15.5. The quantitative estimate of drug-likeness (QED) is 0.453. The summed E-state index contributed by atoms with van der Waals surface area (Å²) in [4.78, 5) is 14.3. The Morgan fingerprint density at radius 1 is 1.38 bits per heavy atom. The van der Waals surface area contributed by atoms with Crippen LogP contribution in [0.15, 0.2) is 18.5 Å². The number of alkyl halides is 1. The summed E-state index contributed by atoms with van der Waals surface area (Å²) in [5, 5.41) is 8.94. The van der Waals surface area contributed by atoms with Crippen molar-refractivity contribution in [1.82, 2.24) is 29.6 Å². The minimum absolute atomic E-state index is 0.161. The summed E-state index contributed by atoms with van der Waals surface area (Å²) >= 11 is 6.78. The molecule has 3 radical (unpaired) electrons. The van der Waals surface area contributed by atoms with E-state index in [1.165, 1.54) is 0 Å². The van der Waals surface area contributed by atoms with Gasteiger partial charge in [0, 0.05) is 35.4 Å². The first-order valence-corrected chi connectivity index (χ1v) is 12.8. The van der Waals surface area contributed by atoms with Gasteiger partial charge in [0.15, 0.2) is 5.15 Å². The molecule has 0 saturated carbocycles. The summed E-state index contributed by atoms with van der Waals surface area (Å²) in [6.07, 6.45) is 3.91. The molecule has 34 heavy (non-hydrogen) atoms. The molecule has 5 rings (SSSR count). The first-order chi connectivity index (χ1) is 16.6. The van der Waals surface area contributed by atoms with Crippen molar-refractivity contribution >= 4 is 44.5 Å². The van der Waals surface area contributed by atoms with E-state index < -0.39 is 6.17 Å². The summed E-state index contributed by atoms with van der Waals surface area (Å²) in [6, 6.07) is 2.72. The predicted octanol–water partition coefficient (Wildman–Crippen LogP) is 3.53. The Bertz CT molecular complexity index is 1120. The summed E-state index contributed by atoms with van der Waals surface area (Å²) in [5.74, 6) is 0.628. The van der Waals surface area contributed by atoms with Crippen molar-refractivity contribution in [3.05, 3.63) is 23.6 Å². The number of hydrogen-bond donors (Lipinski definition) is 2. The zero-order chi connectivity index (χ0) is 23.7. The average molecular weight is 505 g/mol. The number of aromatic amines is 1. The summed E-state index contributed by atoms with van der Waals surface area (Å²) in [7, 11) is 3.56. The van der Waals surface area contributed by atoms with Gasteiger partial charge in [-0.05, 0) is 25.8 Å². The van der Waals surface area contributed by atoms with Crippen LogP contribution in [0.3, 0.4) is 0 Å². The average Bonchev–Trinajstić information content (AvgIpc) is 3.35. The van der Waals surface area contributed by atoms with E-state index in [-0.39, 0.29) is 12.0 Å². The van der Waals surface area contributed by atoms with Crippen LogP contribution in [0, 0.1) is 5.92 Å². The molecular weight excluding hydrogens is 477 g/mol. The van der Waals surface area contributed by atoms with Gasteiger partial charge in [-0.2, -0.15) is 15.1 Å². The lowest BCUT2D eigenvalue weighted by Gasteiger charge is -2.37. The Morgan fingerprint density at radius 2 is 2.24 bits per heavy atom. The monoisotopic (exact) mass is 504 g/mol. The fourth-order valence-electron chi connectivity index (χ4n) is 4.81. The fraction of sp³-hybridized carbons (Fsp3) is 0.591. The first kappa shape index (κ1) is 23.5. The Hall–Kier alpha value is -2.21. The molecule has 0 amide bonds. The van der Waals surface area contributed by atoms with Crippen LogP contribution in [0.5, 0.6) is 5.88 Å². The molecule has 3 atom stereocenters. The van der Waals surface area contributed by atoms with Gasteiger partial charge in [-0.1, -0.05) is 17.6 Å². The largest absolute Gasteiger partial charge is 0.477 e. The molecule has 0 aliphatic carbocycles. The van der Waals surface area contributed by atoms with Crippen LogP contribution in [0.2, 0.25) is 11.2 Å². The van der Waals surface area contributed by atoms with Gasteiger partial charge in [-0.15, -0.1) is 0 Å². The molecule has 2 saturated heterocycles. The van der Waals surface area contributed by atoms with Crippen LogP contribution in [0.25, 0.3) is 11.0 Å². The number of nitrogens with zero attached hydrogens (tertiary/aromatic N) is 5. The highest BCUT2D eigenvalue weighted by atomic mass is 35.5. The molecule has 12 heteroatoms. The van der Waals surface area contributed by atoms with E-state index >= 15 is 4.39 Å².